The molecule has 0 saturated carbocycles. The number of nitrogens with zero attached hydrogens (tertiary/aromatic N) is 1. The normalized spacial score (nSPS) is 12.0. The molecule has 0 fully saturated rings. The number of halogens is 2. The standard InChI is InChI=1S/C20H18ClFN2O3S/c1-11(27-2)20-24-10-18(28-20)15-7-16(22)14(8-17(15)25)19(26)23-9-12-3-5-13(21)6-4-12/h3-8,10-11,25H,9H2,1-2H3,(H,23,26). The SMILES string of the molecule is COC(C)c1ncc(-c2cc(F)c(C(=O)NCc3ccc(Cl)cc3)cc2O)s1. The van der Waals surface area contributed by atoms with Crippen molar-refractivity contribution in [3.63, 3.8) is 0 Å². The van der Waals surface area contributed by atoms with E-state index in [1.807, 2.05) is 6.92 Å². The lowest BCUT2D eigenvalue weighted by Crippen LogP contribution is -2.23. The molecule has 146 valence electrons. The number of hydrogen-bond acceptors (Lipinski definition) is 5. The number of methoxy groups -OCH3 is 1. The maximum atomic E-state index is 14.5. The first-order valence-electron chi connectivity index (χ1n) is 8.43. The Kier molecular flexibility index (Phi) is 6.28. The Morgan fingerprint density at radius 1 is 1.36 bits per heavy atom. The zero-order chi connectivity index (χ0) is 20.3. The van der Waals surface area contributed by atoms with Gasteiger partial charge in [-0.1, -0.05) is 23.7 Å². The van der Waals surface area contributed by atoms with Gasteiger partial charge < -0.3 is 15.2 Å². The smallest absolute Gasteiger partial charge is 0.254 e. The number of thiazole rings is 1. The van der Waals surface area contributed by atoms with Crippen LogP contribution in [0, 0.1) is 5.82 Å². The minimum Gasteiger partial charge on any atom is -0.507 e. The molecule has 0 aliphatic heterocycles. The van der Waals surface area contributed by atoms with Gasteiger partial charge in [-0.05, 0) is 36.8 Å². The van der Waals surface area contributed by atoms with Crippen molar-refractivity contribution in [3.05, 3.63) is 69.6 Å². The third-order valence-corrected chi connectivity index (χ3v) is 5.63. The fourth-order valence-electron chi connectivity index (χ4n) is 2.51. The van der Waals surface area contributed by atoms with Crippen LogP contribution >= 0.6 is 22.9 Å². The maximum absolute atomic E-state index is 14.5. The molecule has 2 aromatic carbocycles. The van der Waals surface area contributed by atoms with Crippen LogP contribution in [0.15, 0.2) is 42.6 Å². The van der Waals surface area contributed by atoms with Crippen LogP contribution < -0.4 is 5.32 Å². The molecule has 0 aliphatic carbocycles. The lowest BCUT2D eigenvalue weighted by molar-refractivity contribution is 0.0946. The summed E-state index contributed by atoms with van der Waals surface area (Å²) >= 11 is 7.12. The maximum Gasteiger partial charge on any atom is 0.254 e. The van der Waals surface area contributed by atoms with Gasteiger partial charge in [0.2, 0.25) is 0 Å². The van der Waals surface area contributed by atoms with Gasteiger partial charge in [0.25, 0.3) is 5.91 Å². The second kappa shape index (κ2) is 8.68. The Labute approximate surface area is 170 Å². The molecule has 0 bridgehead atoms. The monoisotopic (exact) mass is 420 g/mol. The summed E-state index contributed by atoms with van der Waals surface area (Å²) in [6, 6.07) is 9.21. The van der Waals surface area contributed by atoms with E-state index >= 15 is 0 Å². The van der Waals surface area contributed by atoms with E-state index < -0.39 is 11.7 Å². The largest absolute Gasteiger partial charge is 0.507 e. The van der Waals surface area contributed by atoms with Crippen molar-refractivity contribution in [2.45, 2.75) is 19.6 Å². The highest BCUT2D eigenvalue weighted by Crippen LogP contribution is 2.36. The van der Waals surface area contributed by atoms with E-state index in [-0.39, 0.29) is 29.5 Å². The minimum absolute atomic E-state index is 0.196. The van der Waals surface area contributed by atoms with Gasteiger partial charge in [0.1, 0.15) is 22.7 Å². The number of aromatic hydroxyl groups is 1. The molecule has 1 unspecified atom stereocenters. The molecule has 3 rings (SSSR count). The Hall–Kier alpha value is -2.48. The number of amides is 1. The summed E-state index contributed by atoms with van der Waals surface area (Å²) in [5.74, 6) is -1.54. The number of benzene rings is 2. The van der Waals surface area contributed by atoms with E-state index in [0.29, 0.717) is 14.9 Å². The van der Waals surface area contributed by atoms with Crippen LogP contribution in [0.4, 0.5) is 4.39 Å². The highest BCUT2D eigenvalue weighted by atomic mass is 35.5. The van der Waals surface area contributed by atoms with Crippen LogP contribution in [0.1, 0.15) is 34.0 Å². The fourth-order valence-corrected chi connectivity index (χ4v) is 3.61. The van der Waals surface area contributed by atoms with E-state index in [9.17, 15) is 14.3 Å². The summed E-state index contributed by atoms with van der Waals surface area (Å²) in [4.78, 5) is 17.1. The second-order valence-corrected chi connectivity index (χ2v) is 7.60. The topological polar surface area (TPSA) is 71.5 Å². The zero-order valence-electron chi connectivity index (χ0n) is 15.2. The molecule has 1 atom stereocenters. The molecule has 8 heteroatoms. The number of nitrogens with one attached hydrogen (secondary N) is 1. The van der Waals surface area contributed by atoms with Crippen molar-refractivity contribution in [3.8, 4) is 16.2 Å². The summed E-state index contributed by atoms with van der Waals surface area (Å²) in [6.45, 7) is 2.06. The third-order valence-electron chi connectivity index (χ3n) is 4.19. The third kappa shape index (κ3) is 4.49. The molecule has 1 aromatic heterocycles. The van der Waals surface area contributed by atoms with Crippen molar-refractivity contribution in [2.75, 3.05) is 7.11 Å². The van der Waals surface area contributed by atoms with Crippen molar-refractivity contribution in [1.29, 1.82) is 0 Å². The van der Waals surface area contributed by atoms with Crippen molar-refractivity contribution < 1.29 is 19.0 Å². The van der Waals surface area contributed by atoms with Gasteiger partial charge in [-0.3, -0.25) is 4.79 Å². The molecule has 1 heterocycles. The van der Waals surface area contributed by atoms with Gasteiger partial charge >= 0.3 is 0 Å². The summed E-state index contributed by atoms with van der Waals surface area (Å²) in [5, 5.41) is 14.3. The molecule has 1 amide bonds. The van der Waals surface area contributed by atoms with Crippen LogP contribution in [-0.2, 0) is 11.3 Å². The summed E-state index contributed by atoms with van der Waals surface area (Å²) in [7, 11) is 1.57. The predicted octanol–water partition coefficient (Wildman–Crippen LogP) is 4.95. The van der Waals surface area contributed by atoms with Crippen molar-refractivity contribution >= 4 is 28.8 Å². The second-order valence-electron chi connectivity index (χ2n) is 6.10. The van der Waals surface area contributed by atoms with Gasteiger partial charge in [-0.15, -0.1) is 11.3 Å². The molecule has 28 heavy (non-hydrogen) atoms. The number of phenolic OH excluding ortho intramolecular Hbond substituents is 1. The van der Waals surface area contributed by atoms with Crippen molar-refractivity contribution in [2.24, 2.45) is 0 Å². The fraction of sp³-hybridized carbons (Fsp3) is 0.200. The van der Waals surface area contributed by atoms with E-state index in [2.05, 4.69) is 10.3 Å². The Morgan fingerprint density at radius 3 is 2.75 bits per heavy atom. The lowest BCUT2D eigenvalue weighted by Gasteiger charge is -2.09. The number of ether oxygens (including phenoxy) is 1. The minimum atomic E-state index is -0.726. The van der Waals surface area contributed by atoms with Crippen molar-refractivity contribution in [1.82, 2.24) is 10.3 Å². The van der Waals surface area contributed by atoms with Crippen LogP contribution in [0.25, 0.3) is 10.4 Å². The van der Waals surface area contributed by atoms with Crippen LogP contribution in [0.2, 0.25) is 5.02 Å². The summed E-state index contributed by atoms with van der Waals surface area (Å²) in [6.07, 6.45) is 1.34. The first kappa shape index (κ1) is 20.3. The quantitative estimate of drug-likeness (QED) is 0.592. The number of carbonyl (C=O) groups excluding carboxylic acids is 1. The van der Waals surface area contributed by atoms with E-state index in [1.165, 1.54) is 11.3 Å². The van der Waals surface area contributed by atoms with Gasteiger partial charge in [0.05, 0.1) is 10.4 Å². The molecule has 0 radical (unpaired) electrons. The molecule has 0 aliphatic rings. The van der Waals surface area contributed by atoms with E-state index in [0.717, 1.165) is 17.7 Å². The van der Waals surface area contributed by atoms with Crippen LogP contribution in [0.5, 0.6) is 5.75 Å². The van der Waals surface area contributed by atoms with Gasteiger partial charge in [-0.2, -0.15) is 0 Å². The number of rotatable bonds is 6. The number of aromatic nitrogens is 1. The van der Waals surface area contributed by atoms with Gasteiger partial charge in [0, 0.05) is 30.4 Å². The molecular weight excluding hydrogens is 403 g/mol. The number of hydrogen-bond donors (Lipinski definition) is 2. The Morgan fingerprint density at radius 2 is 2.07 bits per heavy atom. The molecule has 0 spiro atoms. The average Bonchev–Trinajstić information content (AvgIpc) is 3.18. The number of phenols is 1. The summed E-state index contributed by atoms with van der Waals surface area (Å²) in [5.41, 5.74) is 0.868. The molecule has 3 aromatic rings. The zero-order valence-corrected chi connectivity index (χ0v) is 16.8. The molecule has 2 N–H and O–H groups in total. The first-order valence-corrected chi connectivity index (χ1v) is 9.62. The van der Waals surface area contributed by atoms with E-state index in [4.69, 9.17) is 16.3 Å². The lowest BCUT2D eigenvalue weighted by atomic mass is 10.1. The molecular formula is C20H18ClFN2O3S. The number of carbonyl (C=O) groups is 1. The van der Waals surface area contributed by atoms with E-state index in [1.54, 1.807) is 37.6 Å². The first-order chi connectivity index (χ1) is 13.4. The van der Waals surface area contributed by atoms with Gasteiger partial charge in [-0.25, -0.2) is 9.37 Å². The summed E-state index contributed by atoms with van der Waals surface area (Å²) < 4.78 is 19.8. The Bertz CT molecular complexity index is 992. The average molecular weight is 421 g/mol. The molecule has 5 nitrogen and oxygen atoms in total. The predicted molar refractivity (Wildman–Crippen MR) is 107 cm³/mol. The Balaban J connectivity index is 1.78. The van der Waals surface area contributed by atoms with Gasteiger partial charge in [0.15, 0.2) is 0 Å². The van der Waals surface area contributed by atoms with Crippen LogP contribution in [0.3, 0.4) is 0 Å². The van der Waals surface area contributed by atoms with Crippen LogP contribution in [-0.4, -0.2) is 23.1 Å². The molecule has 0 saturated heterocycles. The highest BCUT2D eigenvalue weighted by Gasteiger charge is 2.19. The highest BCUT2D eigenvalue weighted by molar-refractivity contribution is 7.15.